The molecule has 0 bridgehead atoms. The van der Waals surface area contributed by atoms with Crippen LogP contribution in [0.25, 0.3) is 0 Å². The molecule has 5 heteroatoms. The van der Waals surface area contributed by atoms with E-state index in [0.717, 1.165) is 36.1 Å². The molecule has 2 N–H and O–H groups in total. The summed E-state index contributed by atoms with van der Waals surface area (Å²) in [6.07, 6.45) is 2.28. The third-order valence-corrected chi connectivity index (χ3v) is 3.64. The first-order chi connectivity index (χ1) is 6.77. The van der Waals surface area contributed by atoms with Crippen molar-refractivity contribution >= 4 is 11.3 Å². The van der Waals surface area contributed by atoms with Crippen LogP contribution in [0.4, 0.5) is 0 Å². The van der Waals surface area contributed by atoms with Crippen molar-refractivity contribution in [2.75, 3.05) is 13.2 Å². The second-order valence-corrected chi connectivity index (χ2v) is 4.72. The quantitative estimate of drug-likeness (QED) is 0.807. The van der Waals surface area contributed by atoms with Crippen LogP contribution in [0.2, 0.25) is 0 Å². The van der Waals surface area contributed by atoms with E-state index in [2.05, 4.69) is 10.2 Å². The molecule has 2 unspecified atom stereocenters. The molecule has 0 aliphatic carbocycles. The average molecular weight is 213 g/mol. The molecule has 1 aromatic rings. The van der Waals surface area contributed by atoms with Crippen molar-refractivity contribution in [3.8, 4) is 0 Å². The normalized spacial score (nSPS) is 24.9. The van der Waals surface area contributed by atoms with E-state index < -0.39 is 0 Å². The summed E-state index contributed by atoms with van der Waals surface area (Å²) in [5.41, 5.74) is 5.73. The van der Waals surface area contributed by atoms with Gasteiger partial charge in [-0.05, 0) is 19.8 Å². The maximum Gasteiger partial charge on any atom is 0.133 e. The van der Waals surface area contributed by atoms with Crippen LogP contribution < -0.4 is 5.73 Å². The molecular weight excluding hydrogens is 198 g/mol. The Morgan fingerprint density at radius 2 is 2.43 bits per heavy atom. The Labute approximate surface area is 87.5 Å². The Bertz CT molecular complexity index is 294. The van der Waals surface area contributed by atoms with Gasteiger partial charge in [0, 0.05) is 12.5 Å². The SMILES string of the molecule is CC(N)c1nnc(C2CCCOC2)s1. The standard InChI is InChI=1S/C9H15N3OS/c1-6(10)8-11-12-9(14-8)7-3-2-4-13-5-7/h6-7H,2-5,10H2,1H3. The molecule has 4 nitrogen and oxygen atoms in total. The largest absolute Gasteiger partial charge is 0.381 e. The van der Waals surface area contributed by atoms with Crippen molar-refractivity contribution in [1.29, 1.82) is 0 Å². The molecule has 1 aliphatic heterocycles. The average Bonchev–Trinajstić information content (AvgIpc) is 2.68. The fourth-order valence-corrected chi connectivity index (χ4v) is 2.45. The summed E-state index contributed by atoms with van der Waals surface area (Å²) in [5.74, 6) is 0.439. The molecule has 0 radical (unpaired) electrons. The predicted octanol–water partition coefficient (Wildman–Crippen LogP) is 1.45. The van der Waals surface area contributed by atoms with Crippen LogP contribution in [-0.4, -0.2) is 23.4 Å². The molecule has 1 saturated heterocycles. The minimum atomic E-state index is -0.00856. The van der Waals surface area contributed by atoms with Gasteiger partial charge in [-0.15, -0.1) is 10.2 Å². The highest BCUT2D eigenvalue weighted by atomic mass is 32.1. The summed E-state index contributed by atoms with van der Waals surface area (Å²) < 4.78 is 5.41. The molecule has 0 spiro atoms. The zero-order chi connectivity index (χ0) is 9.97. The number of hydrogen-bond acceptors (Lipinski definition) is 5. The molecular formula is C9H15N3OS. The van der Waals surface area contributed by atoms with Crippen LogP contribution in [0.15, 0.2) is 0 Å². The highest BCUT2D eigenvalue weighted by molar-refractivity contribution is 7.11. The summed E-state index contributed by atoms with van der Waals surface area (Å²) in [6.45, 7) is 3.60. The Balaban J connectivity index is 2.07. The maximum absolute atomic E-state index is 5.73. The van der Waals surface area contributed by atoms with Crippen molar-refractivity contribution in [3.63, 3.8) is 0 Å². The van der Waals surface area contributed by atoms with Crippen molar-refractivity contribution < 1.29 is 4.74 Å². The third kappa shape index (κ3) is 2.10. The first kappa shape index (κ1) is 10.0. The molecule has 0 amide bonds. The highest BCUT2D eigenvalue weighted by Crippen LogP contribution is 2.28. The zero-order valence-electron chi connectivity index (χ0n) is 8.27. The Morgan fingerprint density at radius 3 is 3.00 bits per heavy atom. The van der Waals surface area contributed by atoms with Crippen LogP contribution in [0.5, 0.6) is 0 Å². The van der Waals surface area contributed by atoms with E-state index >= 15 is 0 Å². The minimum absolute atomic E-state index is 0.00856. The lowest BCUT2D eigenvalue weighted by atomic mass is 10.0. The molecule has 14 heavy (non-hydrogen) atoms. The summed E-state index contributed by atoms with van der Waals surface area (Å²) in [7, 11) is 0. The van der Waals surface area contributed by atoms with Crippen molar-refractivity contribution in [2.24, 2.45) is 5.73 Å². The zero-order valence-corrected chi connectivity index (χ0v) is 9.09. The smallest absolute Gasteiger partial charge is 0.133 e. The topological polar surface area (TPSA) is 61.0 Å². The number of nitrogens with zero attached hydrogens (tertiary/aromatic N) is 2. The van der Waals surface area contributed by atoms with Gasteiger partial charge in [0.05, 0.1) is 12.6 Å². The summed E-state index contributed by atoms with van der Waals surface area (Å²) >= 11 is 1.62. The van der Waals surface area contributed by atoms with Crippen molar-refractivity contribution in [1.82, 2.24) is 10.2 Å². The number of hydrogen-bond donors (Lipinski definition) is 1. The van der Waals surface area contributed by atoms with Crippen LogP contribution in [0.3, 0.4) is 0 Å². The second-order valence-electron chi connectivity index (χ2n) is 3.68. The van der Waals surface area contributed by atoms with E-state index in [1.165, 1.54) is 0 Å². The van der Waals surface area contributed by atoms with E-state index in [9.17, 15) is 0 Å². The van der Waals surface area contributed by atoms with Gasteiger partial charge in [0.25, 0.3) is 0 Å². The molecule has 2 heterocycles. The molecule has 1 fully saturated rings. The lowest BCUT2D eigenvalue weighted by molar-refractivity contribution is 0.0802. The van der Waals surface area contributed by atoms with Gasteiger partial charge >= 0.3 is 0 Å². The Kier molecular flexibility index (Phi) is 3.10. The molecule has 0 saturated carbocycles. The number of aromatic nitrogens is 2. The van der Waals surface area contributed by atoms with Gasteiger partial charge < -0.3 is 10.5 Å². The molecule has 2 rings (SSSR count). The first-order valence-corrected chi connectivity index (χ1v) is 5.75. The van der Waals surface area contributed by atoms with Gasteiger partial charge in [-0.1, -0.05) is 11.3 Å². The number of nitrogens with two attached hydrogens (primary N) is 1. The van der Waals surface area contributed by atoms with E-state index in [-0.39, 0.29) is 6.04 Å². The second kappa shape index (κ2) is 4.33. The van der Waals surface area contributed by atoms with Gasteiger partial charge in [-0.2, -0.15) is 0 Å². The van der Waals surface area contributed by atoms with Gasteiger partial charge in [0.1, 0.15) is 10.0 Å². The van der Waals surface area contributed by atoms with Crippen LogP contribution in [0, 0.1) is 0 Å². The van der Waals surface area contributed by atoms with Gasteiger partial charge in [0.15, 0.2) is 0 Å². The first-order valence-electron chi connectivity index (χ1n) is 4.94. The third-order valence-electron chi connectivity index (χ3n) is 2.36. The molecule has 2 atom stereocenters. The highest BCUT2D eigenvalue weighted by Gasteiger charge is 2.20. The summed E-state index contributed by atoms with van der Waals surface area (Å²) in [6, 6.07) is -0.00856. The van der Waals surface area contributed by atoms with Gasteiger partial charge in [-0.25, -0.2) is 0 Å². The molecule has 0 aromatic carbocycles. The molecule has 78 valence electrons. The van der Waals surface area contributed by atoms with E-state index in [1.54, 1.807) is 11.3 Å². The maximum atomic E-state index is 5.73. The monoisotopic (exact) mass is 213 g/mol. The molecule has 1 aromatic heterocycles. The predicted molar refractivity (Wildman–Crippen MR) is 55.3 cm³/mol. The number of rotatable bonds is 2. The lowest BCUT2D eigenvalue weighted by Gasteiger charge is -2.19. The van der Waals surface area contributed by atoms with Crippen LogP contribution >= 0.6 is 11.3 Å². The lowest BCUT2D eigenvalue weighted by Crippen LogP contribution is -2.15. The van der Waals surface area contributed by atoms with Crippen molar-refractivity contribution in [2.45, 2.75) is 31.7 Å². The summed E-state index contributed by atoms with van der Waals surface area (Å²) in [5, 5.41) is 10.3. The molecule has 1 aliphatic rings. The van der Waals surface area contributed by atoms with Crippen LogP contribution in [0.1, 0.15) is 41.7 Å². The van der Waals surface area contributed by atoms with E-state index in [0.29, 0.717) is 5.92 Å². The minimum Gasteiger partial charge on any atom is -0.381 e. The van der Waals surface area contributed by atoms with E-state index in [1.807, 2.05) is 6.92 Å². The van der Waals surface area contributed by atoms with Gasteiger partial charge in [0.2, 0.25) is 0 Å². The van der Waals surface area contributed by atoms with Crippen molar-refractivity contribution in [3.05, 3.63) is 10.0 Å². The Morgan fingerprint density at radius 1 is 1.57 bits per heavy atom. The van der Waals surface area contributed by atoms with Gasteiger partial charge in [-0.3, -0.25) is 0 Å². The fraction of sp³-hybridized carbons (Fsp3) is 0.778. The fourth-order valence-electron chi connectivity index (χ4n) is 1.53. The van der Waals surface area contributed by atoms with E-state index in [4.69, 9.17) is 10.5 Å². The van der Waals surface area contributed by atoms with Crippen LogP contribution in [-0.2, 0) is 4.74 Å². The number of ether oxygens (including phenoxy) is 1. The summed E-state index contributed by atoms with van der Waals surface area (Å²) in [4.78, 5) is 0. The Hall–Kier alpha value is -0.520.